The third-order valence-corrected chi connectivity index (χ3v) is 3.73. The second-order valence-corrected chi connectivity index (χ2v) is 6.18. The van der Waals surface area contributed by atoms with E-state index in [0.29, 0.717) is 5.56 Å². The van der Waals surface area contributed by atoms with E-state index in [9.17, 15) is 20.0 Å². The number of anilines is 1. The molecule has 0 bridgehead atoms. The van der Waals surface area contributed by atoms with Crippen LogP contribution in [-0.2, 0) is 0 Å². The van der Waals surface area contributed by atoms with Gasteiger partial charge in [-0.1, -0.05) is 28.8 Å². The molecule has 0 aliphatic rings. The van der Waals surface area contributed by atoms with E-state index in [2.05, 4.69) is 10.6 Å². The summed E-state index contributed by atoms with van der Waals surface area (Å²) < 4.78 is 0. The third kappa shape index (κ3) is 4.65. The van der Waals surface area contributed by atoms with Crippen LogP contribution in [0.2, 0.25) is 5.02 Å². The maximum atomic E-state index is 12.2. The first-order valence-electron chi connectivity index (χ1n) is 7.05. The predicted molar refractivity (Wildman–Crippen MR) is 99.4 cm³/mol. The standard InChI is InChI=1S/C16H14ClN3O4S/c1-8-3-9(2)5-10(4-8)15(22)19-16(25)18-12-7-13(20(23)24)11(17)6-14(12)21/h3-7,21H,1-2H3,(H2,18,19,22,25). The topological polar surface area (TPSA) is 104 Å². The summed E-state index contributed by atoms with van der Waals surface area (Å²) in [6, 6.07) is 7.40. The molecule has 25 heavy (non-hydrogen) atoms. The van der Waals surface area contributed by atoms with E-state index >= 15 is 0 Å². The summed E-state index contributed by atoms with van der Waals surface area (Å²) in [5, 5.41) is 25.4. The van der Waals surface area contributed by atoms with Crippen LogP contribution in [0, 0.1) is 24.0 Å². The number of thiocarbonyl (C=S) groups is 1. The molecule has 2 rings (SSSR count). The number of halogens is 1. The highest BCUT2D eigenvalue weighted by Gasteiger charge is 2.18. The van der Waals surface area contributed by atoms with Gasteiger partial charge >= 0.3 is 0 Å². The van der Waals surface area contributed by atoms with Crippen molar-refractivity contribution in [1.82, 2.24) is 5.32 Å². The molecule has 0 aliphatic carbocycles. The molecule has 0 aromatic heterocycles. The van der Waals surface area contributed by atoms with Gasteiger partial charge in [-0.25, -0.2) is 0 Å². The average Bonchev–Trinajstić information content (AvgIpc) is 2.48. The molecule has 1 amide bonds. The van der Waals surface area contributed by atoms with Gasteiger partial charge in [0.05, 0.1) is 10.6 Å². The maximum Gasteiger partial charge on any atom is 0.290 e. The number of aromatic hydroxyl groups is 1. The third-order valence-electron chi connectivity index (χ3n) is 3.22. The van der Waals surface area contributed by atoms with Gasteiger partial charge in [-0.2, -0.15) is 0 Å². The summed E-state index contributed by atoms with van der Waals surface area (Å²) >= 11 is 10.7. The van der Waals surface area contributed by atoms with Gasteiger partial charge in [0, 0.05) is 17.7 Å². The van der Waals surface area contributed by atoms with E-state index < -0.39 is 16.5 Å². The highest BCUT2D eigenvalue weighted by Crippen LogP contribution is 2.34. The zero-order valence-corrected chi connectivity index (χ0v) is 14.9. The fourth-order valence-corrected chi connectivity index (χ4v) is 2.66. The SMILES string of the molecule is Cc1cc(C)cc(C(=O)NC(=S)Nc2cc([N+](=O)[O-])c(Cl)cc2O)c1. The number of amides is 1. The van der Waals surface area contributed by atoms with Crippen LogP contribution >= 0.6 is 23.8 Å². The molecule has 2 aromatic rings. The Balaban J connectivity index is 2.16. The number of hydrogen-bond donors (Lipinski definition) is 3. The number of nitrogens with one attached hydrogen (secondary N) is 2. The Morgan fingerprint density at radius 3 is 2.36 bits per heavy atom. The van der Waals surface area contributed by atoms with Gasteiger partial charge in [-0.3, -0.25) is 20.2 Å². The van der Waals surface area contributed by atoms with Crippen molar-refractivity contribution in [2.24, 2.45) is 0 Å². The van der Waals surface area contributed by atoms with Crippen LogP contribution in [-0.4, -0.2) is 21.0 Å². The lowest BCUT2D eigenvalue weighted by Gasteiger charge is -2.12. The minimum Gasteiger partial charge on any atom is -0.506 e. The van der Waals surface area contributed by atoms with Crippen molar-refractivity contribution in [3.8, 4) is 5.75 Å². The Bertz CT molecular complexity index is 866. The Labute approximate surface area is 153 Å². The summed E-state index contributed by atoms with van der Waals surface area (Å²) in [4.78, 5) is 22.4. The second-order valence-electron chi connectivity index (χ2n) is 5.36. The number of aryl methyl sites for hydroxylation is 2. The fourth-order valence-electron chi connectivity index (χ4n) is 2.23. The average molecular weight is 380 g/mol. The smallest absolute Gasteiger partial charge is 0.290 e. The van der Waals surface area contributed by atoms with Crippen molar-refractivity contribution in [1.29, 1.82) is 0 Å². The molecule has 0 unspecified atom stereocenters. The number of carbonyl (C=O) groups is 1. The van der Waals surface area contributed by atoms with E-state index in [1.807, 2.05) is 19.9 Å². The van der Waals surface area contributed by atoms with Crippen molar-refractivity contribution < 1.29 is 14.8 Å². The number of carbonyl (C=O) groups excluding carboxylic acids is 1. The van der Waals surface area contributed by atoms with Crippen molar-refractivity contribution in [3.05, 3.63) is 62.2 Å². The van der Waals surface area contributed by atoms with E-state index in [-0.39, 0.29) is 21.6 Å². The maximum absolute atomic E-state index is 12.2. The summed E-state index contributed by atoms with van der Waals surface area (Å²) in [6.45, 7) is 3.73. The molecule has 0 saturated carbocycles. The summed E-state index contributed by atoms with van der Waals surface area (Å²) in [7, 11) is 0. The van der Waals surface area contributed by atoms with Gasteiger partial charge in [0.1, 0.15) is 10.8 Å². The number of nitro groups is 1. The Kier molecular flexibility index (Phi) is 5.55. The second kappa shape index (κ2) is 7.45. The van der Waals surface area contributed by atoms with Gasteiger partial charge in [0.25, 0.3) is 11.6 Å². The Morgan fingerprint density at radius 1 is 1.20 bits per heavy atom. The summed E-state index contributed by atoms with van der Waals surface area (Å²) in [5.74, 6) is -0.772. The van der Waals surface area contributed by atoms with Gasteiger partial charge in [0.2, 0.25) is 0 Å². The van der Waals surface area contributed by atoms with E-state index in [4.69, 9.17) is 23.8 Å². The Hall–Kier alpha value is -2.71. The van der Waals surface area contributed by atoms with Crippen LogP contribution in [0.3, 0.4) is 0 Å². The molecular weight excluding hydrogens is 366 g/mol. The van der Waals surface area contributed by atoms with Crippen LogP contribution in [0.1, 0.15) is 21.5 Å². The van der Waals surface area contributed by atoms with Gasteiger partial charge < -0.3 is 10.4 Å². The zero-order chi connectivity index (χ0) is 18.7. The molecule has 130 valence electrons. The molecule has 2 aromatic carbocycles. The first-order valence-corrected chi connectivity index (χ1v) is 7.83. The summed E-state index contributed by atoms with van der Waals surface area (Å²) in [5.41, 5.74) is 1.84. The molecule has 0 heterocycles. The van der Waals surface area contributed by atoms with E-state index in [0.717, 1.165) is 23.3 Å². The van der Waals surface area contributed by atoms with Crippen LogP contribution in [0.15, 0.2) is 30.3 Å². The van der Waals surface area contributed by atoms with E-state index in [1.54, 1.807) is 12.1 Å². The monoisotopic (exact) mass is 379 g/mol. The number of nitro benzene ring substituents is 1. The van der Waals surface area contributed by atoms with Crippen LogP contribution in [0.4, 0.5) is 11.4 Å². The molecule has 0 fully saturated rings. The number of phenolic OH excluding ortho intramolecular Hbond substituents is 1. The van der Waals surface area contributed by atoms with Crippen molar-refractivity contribution >= 4 is 46.2 Å². The van der Waals surface area contributed by atoms with Crippen molar-refractivity contribution in [2.45, 2.75) is 13.8 Å². The molecule has 0 saturated heterocycles. The molecule has 7 nitrogen and oxygen atoms in total. The Morgan fingerprint density at radius 2 is 1.80 bits per heavy atom. The van der Waals surface area contributed by atoms with Gasteiger partial charge in [0.15, 0.2) is 5.11 Å². The lowest BCUT2D eigenvalue weighted by Crippen LogP contribution is -2.34. The molecule has 9 heteroatoms. The molecule has 0 aliphatic heterocycles. The normalized spacial score (nSPS) is 10.2. The number of hydrogen-bond acceptors (Lipinski definition) is 5. The lowest BCUT2D eigenvalue weighted by atomic mass is 10.1. The first-order chi connectivity index (χ1) is 11.7. The quantitative estimate of drug-likeness (QED) is 0.325. The zero-order valence-electron chi connectivity index (χ0n) is 13.3. The minimum atomic E-state index is -0.690. The summed E-state index contributed by atoms with van der Waals surface area (Å²) in [6.07, 6.45) is 0. The highest BCUT2D eigenvalue weighted by molar-refractivity contribution is 7.80. The highest BCUT2D eigenvalue weighted by atomic mass is 35.5. The predicted octanol–water partition coefficient (Wildman–Crippen LogP) is 3.70. The fraction of sp³-hybridized carbons (Fsp3) is 0.125. The van der Waals surface area contributed by atoms with Crippen LogP contribution in [0.25, 0.3) is 0 Å². The number of rotatable bonds is 3. The largest absolute Gasteiger partial charge is 0.506 e. The van der Waals surface area contributed by atoms with Gasteiger partial charge in [-0.15, -0.1) is 0 Å². The van der Waals surface area contributed by atoms with Crippen LogP contribution in [0.5, 0.6) is 5.75 Å². The van der Waals surface area contributed by atoms with Crippen LogP contribution < -0.4 is 10.6 Å². The number of phenols is 1. The molecule has 0 atom stereocenters. The molecular formula is C16H14ClN3O4S. The molecule has 0 radical (unpaired) electrons. The minimum absolute atomic E-state index is 0.0400. The van der Waals surface area contributed by atoms with Crippen molar-refractivity contribution in [3.63, 3.8) is 0 Å². The van der Waals surface area contributed by atoms with E-state index in [1.165, 1.54) is 0 Å². The number of nitrogens with zero attached hydrogens (tertiary/aromatic N) is 1. The first kappa shape index (κ1) is 18.6. The molecule has 0 spiro atoms. The van der Waals surface area contributed by atoms with Crippen molar-refractivity contribution in [2.75, 3.05) is 5.32 Å². The lowest BCUT2D eigenvalue weighted by molar-refractivity contribution is -0.384. The number of benzene rings is 2. The van der Waals surface area contributed by atoms with Gasteiger partial charge in [-0.05, 0) is 38.2 Å². The molecule has 3 N–H and O–H groups in total.